The van der Waals surface area contributed by atoms with Crippen LogP contribution in [0.4, 0.5) is 5.69 Å². The van der Waals surface area contributed by atoms with Gasteiger partial charge in [-0.3, -0.25) is 4.79 Å². The van der Waals surface area contributed by atoms with Crippen LogP contribution in [0.25, 0.3) is 0 Å². The Morgan fingerprint density at radius 2 is 1.67 bits per heavy atom. The van der Waals surface area contributed by atoms with Crippen LogP contribution in [0.15, 0.2) is 53.6 Å². The maximum absolute atomic E-state index is 12.0. The molecule has 0 fully saturated rings. The van der Waals surface area contributed by atoms with Crippen molar-refractivity contribution in [3.8, 4) is 0 Å². The van der Waals surface area contributed by atoms with Gasteiger partial charge < -0.3 is 5.73 Å². The lowest BCUT2D eigenvalue weighted by Crippen LogP contribution is -2.20. The van der Waals surface area contributed by atoms with Crippen LogP contribution in [-0.2, 0) is 0 Å². The highest BCUT2D eigenvalue weighted by Gasteiger charge is 2.06. The molecule has 0 saturated carbocycles. The number of benzene rings is 2. The molecule has 0 aliphatic heterocycles. The van der Waals surface area contributed by atoms with Gasteiger partial charge in [0.05, 0.1) is 5.71 Å². The molecule has 0 aliphatic carbocycles. The molecule has 3 N–H and O–H groups in total. The summed E-state index contributed by atoms with van der Waals surface area (Å²) in [6.45, 7) is 1.98. The summed E-state index contributed by atoms with van der Waals surface area (Å²) in [6, 6.07) is 14.0. The van der Waals surface area contributed by atoms with Gasteiger partial charge in [-0.2, -0.15) is 5.10 Å². The molecule has 0 heterocycles. The van der Waals surface area contributed by atoms with Crippen LogP contribution in [0.5, 0.6) is 0 Å². The van der Waals surface area contributed by atoms with Gasteiger partial charge in [0.1, 0.15) is 0 Å². The average Bonchev–Trinajstić information content (AvgIpc) is 2.50. The highest BCUT2D eigenvalue weighted by atomic mass is 35.5. The van der Waals surface area contributed by atoms with E-state index in [4.69, 9.17) is 17.3 Å². The standard InChI is InChI=1S/C16H16ClN3O/c1-2-15(11-3-7-13(17)8-4-11)19-20-16(21)12-5-9-14(18)10-6-12/h3-10H,2,18H2,1H3,(H,20,21)/b19-15-. The minimum absolute atomic E-state index is 0.269. The number of hydrogen-bond acceptors (Lipinski definition) is 3. The molecule has 1 amide bonds. The zero-order valence-corrected chi connectivity index (χ0v) is 12.4. The summed E-state index contributed by atoms with van der Waals surface area (Å²) in [6.07, 6.45) is 0.698. The van der Waals surface area contributed by atoms with Gasteiger partial charge in [0.25, 0.3) is 5.91 Å². The Labute approximate surface area is 128 Å². The smallest absolute Gasteiger partial charge is 0.271 e. The fourth-order valence-corrected chi connectivity index (χ4v) is 1.93. The van der Waals surface area contributed by atoms with Crippen molar-refractivity contribution < 1.29 is 4.79 Å². The molecule has 0 saturated heterocycles. The third kappa shape index (κ3) is 4.07. The molecule has 108 valence electrons. The van der Waals surface area contributed by atoms with Crippen molar-refractivity contribution in [1.29, 1.82) is 0 Å². The van der Waals surface area contributed by atoms with Crippen LogP contribution < -0.4 is 11.2 Å². The van der Waals surface area contributed by atoms with Crippen LogP contribution in [0.1, 0.15) is 29.3 Å². The first-order valence-corrected chi connectivity index (χ1v) is 6.96. The third-order valence-corrected chi connectivity index (χ3v) is 3.23. The molecule has 0 aromatic heterocycles. The summed E-state index contributed by atoms with van der Waals surface area (Å²) in [5, 5.41) is 4.85. The second-order valence-electron chi connectivity index (χ2n) is 4.48. The first-order valence-electron chi connectivity index (χ1n) is 6.58. The molecule has 0 unspecified atom stereocenters. The van der Waals surface area contributed by atoms with Crippen molar-refractivity contribution in [1.82, 2.24) is 5.43 Å². The summed E-state index contributed by atoms with van der Waals surface area (Å²) in [5.74, 6) is -0.269. The molecule has 2 aromatic rings. The molecule has 4 nitrogen and oxygen atoms in total. The first-order chi connectivity index (χ1) is 10.1. The van der Waals surface area contributed by atoms with Gasteiger partial charge in [-0.15, -0.1) is 0 Å². The van der Waals surface area contributed by atoms with Crippen LogP contribution in [0.2, 0.25) is 5.02 Å². The molecule has 5 heteroatoms. The van der Waals surface area contributed by atoms with Gasteiger partial charge in [-0.1, -0.05) is 30.7 Å². The summed E-state index contributed by atoms with van der Waals surface area (Å²) in [5.41, 5.74) is 11.0. The monoisotopic (exact) mass is 301 g/mol. The normalized spacial score (nSPS) is 11.2. The van der Waals surface area contributed by atoms with E-state index in [1.165, 1.54) is 0 Å². The van der Waals surface area contributed by atoms with Gasteiger partial charge in [-0.25, -0.2) is 5.43 Å². The summed E-state index contributed by atoms with van der Waals surface area (Å²) < 4.78 is 0. The van der Waals surface area contributed by atoms with Crippen molar-refractivity contribution in [2.45, 2.75) is 13.3 Å². The van der Waals surface area contributed by atoms with E-state index in [1.54, 1.807) is 36.4 Å². The van der Waals surface area contributed by atoms with E-state index in [0.717, 1.165) is 11.3 Å². The Bertz CT molecular complexity index is 648. The topological polar surface area (TPSA) is 67.5 Å². The highest BCUT2D eigenvalue weighted by Crippen LogP contribution is 2.11. The van der Waals surface area contributed by atoms with Gasteiger partial charge >= 0.3 is 0 Å². The Balaban J connectivity index is 2.12. The van der Waals surface area contributed by atoms with Crippen LogP contribution in [0.3, 0.4) is 0 Å². The van der Waals surface area contributed by atoms with Crippen molar-refractivity contribution in [2.75, 3.05) is 5.73 Å². The fraction of sp³-hybridized carbons (Fsp3) is 0.125. The minimum Gasteiger partial charge on any atom is -0.399 e. The maximum Gasteiger partial charge on any atom is 0.271 e. The Morgan fingerprint density at radius 1 is 1.10 bits per heavy atom. The van der Waals surface area contributed by atoms with E-state index in [0.29, 0.717) is 22.7 Å². The number of carbonyl (C=O) groups excluding carboxylic acids is 1. The number of nitrogens with zero attached hydrogens (tertiary/aromatic N) is 1. The van der Waals surface area contributed by atoms with E-state index in [-0.39, 0.29) is 5.91 Å². The lowest BCUT2D eigenvalue weighted by molar-refractivity contribution is 0.0955. The van der Waals surface area contributed by atoms with E-state index < -0.39 is 0 Å². The van der Waals surface area contributed by atoms with Crippen molar-refractivity contribution in [2.24, 2.45) is 5.10 Å². The summed E-state index contributed by atoms with van der Waals surface area (Å²) in [4.78, 5) is 12.0. The zero-order valence-electron chi connectivity index (χ0n) is 11.6. The van der Waals surface area contributed by atoms with Crippen LogP contribution in [-0.4, -0.2) is 11.6 Å². The SMILES string of the molecule is CC/C(=N/NC(=O)c1ccc(N)cc1)c1ccc(Cl)cc1. The maximum atomic E-state index is 12.0. The number of nitrogens with two attached hydrogens (primary N) is 1. The van der Waals surface area contributed by atoms with Gasteiger partial charge in [0.15, 0.2) is 0 Å². The number of rotatable bonds is 4. The number of carbonyl (C=O) groups is 1. The second-order valence-corrected chi connectivity index (χ2v) is 4.92. The van der Waals surface area contributed by atoms with E-state index in [9.17, 15) is 4.79 Å². The highest BCUT2D eigenvalue weighted by molar-refractivity contribution is 6.30. The number of halogens is 1. The first kappa shape index (κ1) is 15.1. The molecule has 21 heavy (non-hydrogen) atoms. The number of nitrogen functional groups attached to an aromatic ring is 1. The molecule has 2 rings (SSSR count). The van der Waals surface area contributed by atoms with Crippen molar-refractivity contribution in [3.05, 3.63) is 64.7 Å². The molecule has 0 aliphatic rings. The molecule has 0 spiro atoms. The van der Waals surface area contributed by atoms with Crippen molar-refractivity contribution >= 4 is 28.9 Å². The minimum atomic E-state index is -0.269. The third-order valence-electron chi connectivity index (χ3n) is 2.98. The van der Waals surface area contributed by atoms with E-state index in [1.807, 2.05) is 19.1 Å². The molecular weight excluding hydrogens is 286 g/mol. The molecule has 2 aromatic carbocycles. The molecule has 0 radical (unpaired) electrons. The zero-order chi connectivity index (χ0) is 15.2. The summed E-state index contributed by atoms with van der Waals surface area (Å²) >= 11 is 5.86. The largest absolute Gasteiger partial charge is 0.399 e. The second kappa shape index (κ2) is 6.90. The number of amides is 1. The van der Waals surface area contributed by atoms with Gasteiger partial charge in [-0.05, 0) is 48.4 Å². The predicted octanol–water partition coefficient (Wildman–Crippen LogP) is 3.47. The molecule has 0 atom stereocenters. The van der Waals surface area contributed by atoms with Crippen LogP contribution in [0, 0.1) is 0 Å². The number of anilines is 1. The Kier molecular flexibility index (Phi) is 4.95. The summed E-state index contributed by atoms with van der Waals surface area (Å²) in [7, 11) is 0. The molecular formula is C16H16ClN3O. The fourth-order valence-electron chi connectivity index (χ4n) is 1.81. The Hall–Kier alpha value is -2.33. The van der Waals surface area contributed by atoms with Crippen LogP contribution >= 0.6 is 11.6 Å². The average molecular weight is 302 g/mol. The lowest BCUT2D eigenvalue weighted by atomic mass is 10.1. The van der Waals surface area contributed by atoms with Gasteiger partial charge in [0.2, 0.25) is 0 Å². The molecule has 0 bridgehead atoms. The van der Waals surface area contributed by atoms with E-state index in [2.05, 4.69) is 10.5 Å². The number of hydrogen-bond donors (Lipinski definition) is 2. The Morgan fingerprint density at radius 3 is 2.24 bits per heavy atom. The lowest BCUT2D eigenvalue weighted by Gasteiger charge is -2.06. The van der Waals surface area contributed by atoms with E-state index >= 15 is 0 Å². The predicted molar refractivity (Wildman–Crippen MR) is 86.6 cm³/mol. The number of hydrazone groups is 1. The number of nitrogens with one attached hydrogen (secondary N) is 1. The van der Waals surface area contributed by atoms with Crippen molar-refractivity contribution in [3.63, 3.8) is 0 Å². The quantitative estimate of drug-likeness (QED) is 0.516. The van der Waals surface area contributed by atoms with Gasteiger partial charge in [0, 0.05) is 16.3 Å².